The van der Waals surface area contributed by atoms with Crippen LogP contribution in [0.15, 0.2) is 42.6 Å². The van der Waals surface area contributed by atoms with Crippen molar-refractivity contribution in [3.8, 4) is 0 Å². The Morgan fingerprint density at radius 1 is 1.24 bits per heavy atom. The minimum Gasteiger partial charge on any atom is -0.320 e. The summed E-state index contributed by atoms with van der Waals surface area (Å²) in [6.45, 7) is 3.79. The van der Waals surface area contributed by atoms with E-state index in [-0.39, 0.29) is 5.91 Å². The van der Waals surface area contributed by atoms with Crippen molar-refractivity contribution in [2.45, 2.75) is 13.8 Å². The number of pyridine rings is 1. The molecule has 0 bridgehead atoms. The number of imidazole rings is 1. The number of amides is 1. The minimum atomic E-state index is -0.239. The molecule has 0 fully saturated rings. The van der Waals surface area contributed by atoms with Crippen LogP contribution >= 0.6 is 11.6 Å². The van der Waals surface area contributed by atoms with Crippen molar-refractivity contribution >= 4 is 28.7 Å². The van der Waals surface area contributed by atoms with Crippen molar-refractivity contribution in [3.63, 3.8) is 0 Å². The Kier molecular flexibility index (Phi) is 3.39. The highest BCUT2D eigenvalue weighted by Crippen LogP contribution is 2.21. The number of aromatic nitrogens is 2. The smallest absolute Gasteiger partial charge is 0.276 e. The molecule has 0 unspecified atom stereocenters. The highest BCUT2D eigenvalue weighted by molar-refractivity contribution is 6.31. The Hall–Kier alpha value is -2.33. The average Bonchev–Trinajstić information content (AvgIpc) is 2.81. The van der Waals surface area contributed by atoms with E-state index in [1.165, 1.54) is 0 Å². The first-order chi connectivity index (χ1) is 10.1. The topological polar surface area (TPSA) is 46.4 Å². The zero-order valence-corrected chi connectivity index (χ0v) is 12.5. The third-order valence-electron chi connectivity index (χ3n) is 3.39. The van der Waals surface area contributed by atoms with Gasteiger partial charge in [0, 0.05) is 16.9 Å². The van der Waals surface area contributed by atoms with E-state index < -0.39 is 0 Å². The molecule has 2 heterocycles. The van der Waals surface area contributed by atoms with Crippen LogP contribution in [-0.2, 0) is 0 Å². The van der Waals surface area contributed by atoms with E-state index in [1.807, 2.05) is 48.7 Å². The molecule has 0 aliphatic carbocycles. The van der Waals surface area contributed by atoms with Crippen molar-refractivity contribution in [1.82, 2.24) is 9.38 Å². The van der Waals surface area contributed by atoms with Gasteiger partial charge in [0.25, 0.3) is 5.91 Å². The monoisotopic (exact) mass is 299 g/mol. The van der Waals surface area contributed by atoms with E-state index in [4.69, 9.17) is 11.6 Å². The number of benzene rings is 1. The summed E-state index contributed by atoms with van der Waals surface area (Å²) in [5.74, 6) is 0.538. The fraction of sp³-hybridized carbons (Fsp3) is 0.125. The van der Waals surface area contributed by atoms with E-state index in [1.54, 1.807) is 12.1 Å². The summed E-state index contributed by atoms with van der Waals surface area (Å²) in [4.78, 5) is 16.8. The lowest BCUT2D eigenvalue weighted by molar-refractivity contribution is 0.102. The number of hydrogen-bond donors (Lipinski definition) is 1. The number of aryl methyl sites for hydroxylation is 2. The average molecular weight is 300 g/mol. The van der Waals surface area contributed by atoms with E-state index in [0.29, 0.717) is 16.4 Å². The van der Waals surface area contributed by atoms with E-state index in [9.17, 15) is 4.79 Å². The molecule has 1 aromatic carbocycles. The van der Waals surface area contributed by atoms with Crippen molar-refractivity contribution in [1.29, 1.82) is 0 Å². The predicted octanol–water partition coefficient (Wildman–Crippen LogP) is 3.86. The lowest BCUT2D eigenvalue weighted by Crippen LogP contribution is -2.13. The summed E-state index contributed by atoms with van der Waals surface area (Å²) >= 11 is 5.97. The van der Waals surface area contributed by atoms with Crippen molar-refractivity contribution < 1.29 is 4.79 Å². The number of hydrogen-bond acceptors (Lipinski definition) is 2. The fourth-order valence-electron chi connectivity index (χ4n) is 2.27. The molecular formula is C16H14ClN3O. The van der Waals surface area contributed by atoms with Crippen molar-refractivity contribution in [3.05, 3.63) is 64.7 Å². The molecule has 3 rings (SSSR count). The quantitative estimate of drug-likeness (QED) is 0.781. The van der Waals surface area contributed by atoms with Gasteiger partial charge in [-0.25, -0.2) is 4.98 Å². The molecule has 0 saturated heterocycles. The Balaban J connectivity index is 2.00. The number of carbonyl (C=O) groups is 1. The molecule has 106 valence electrons. The predicted molar refractivity (Wildman–Crippen MR) is 84.1 cm³/mol. The SMILES string of the molecule is Cc1ccc(Cl)cc1NC(=O)c1nc(C)n2ccccc12. The largest absolute Gasteiger partial charge is 0.320 e. The van der Waals surface area contributed by atoms with Gasteiger partial charge in [0.15, 0.2) is 5.69 Å². The Morgan fingerprint density at radius 2 is 2.05 bits per heavy atom. The molecule has 5 heteroatoms. The van der Waals surface area contributed by atoms with Crippen LogP contribution in [-0.4, -0.2) is 15.3 Å². The van der Waals surface area contributed by atoms with Gasteiger partial charge in [-0.15, -0.1) is 0 Å². The maximum atomic E-state index is 12.5. The molecule has 0 spiro atoms. The highest BCUT2D eigenvalue weighted by atomic mass is 35.5. The van der Waals surface area contributed by atoms with Gasteiger partial charge in [-0.1, -0.05) is 23.7 Å². The van der Waals surface area contributed by atoms with E-state index in [0.717, 1.165) is 16.9 Å². The number of halogens is 1. The number of nitrogens with one attached hydrogen (secondary N) is 1. The fourth-order valence-corrected chi connectivity index (χ4v) is 2.44. The minimum absolute atomic E-state index is 0.239. The number of anilines is 1. The number of rotatable bonds is 2. The van der Waals surface area contributed by atoms with Crippen LogP contribution < -0.4 is 5.32 Å². The third kappa shape index (κ3) is 2.50. The van der Waals surface area contributed by atoms with Gasteiger partial charge >= 0.3 is 0 Å². The van der Waals surface area contributed by atoms with Crippen LogP contribution in [0.5, 0.6) is 0 Å². The molecule has 1 amide bonds. The van der Waals surface area contributed by atoms with Gasteiger partial charge in [0.05, 0.1) is 5.52 Å². The number of carbonyl (C=O) groups excluding carboxylic acids is 1. The number of fused-ring (bicyclic) bond motifs is 1. The second-order valence-electron chi connectivity index (χ2n) is 4.88. The third-order valence-corrected chi connectivity index (χ3v) is 3.62. The molecular weight excluding hydrogens is 286 g/mol. The van der Waals surface area contributed by atoms with E-state index in [2.05, 4.69) is 10.3 Å². The first-order valence-electron chi connectivity index (χ1n) is 6.57. The molecule has 0 saturated carbocycles. The van der Waals surface area contributed by atoms with Crippen molar-refractivity contribution in [2.75, 3.05) is 5.32 Å². The molecule has 21 heavy (non-hydrogen) atoms. The molecule has 3 aromatic rings. The van der Waals surface area contributed by atoms with Crippen molar-refractivity contribution in [2.24, 2.45) is 0 Å². The Labute approximate surface area is 127 Å². The zero-order valence-electron chi connectivity index (χ0n) is 11.7. The van der Waals surface area contributed by atoms with Gasteiger partial charge in [0.2, 0.25) is 0 Å². The van der Waals surface area contributed by atoms with Crippen LogP contribution in [0.3, 0.4) is 0 Å². The maximum Gasteiger partial charge on any atom is 0.276 e. The Morgan fingerprint density at radius 3 is 2.86 bits per heavy atom. The lowest BCUT2D eigenvalue weighted by atomic mass is 10.2. The second-order valence-corrected chi connectivity index (χ2v) is 5.31. The Bertz CT molecular complexity index is 839. The summed E-state index contributed by atoms with van der Waals surface area (Å²) in [7, 11) is 0. The zero-order chi connectivity index (χ0) is 15.0. The summed E-state index contributed by atoms with van der Waals surface area (Å²) in [5, 5.41) is 3.46. The summed E-state index contributed by atoms with van der Waals surface area (Å²) < 4.78 is 1.89. The normalized spacial score (nSPS) is 10.8. The van der Waals surface area contributed by atoms with Crippen LogP contribution in [0.2, 0.25) is 5.02 Å². The van der Waals surface area contributed by atoms with Crippen LogP contribution in [0, 0.1) is 13.8 Å². The van der Waals surface area contributed by atoms with Gasteiger partial charge in [-0.05, 0) is 43.7 Å². The lowest BCUT2D eigenvalue weighted by Gasteiger charge is -2.07. The van der Waals surface area contributed by atoms with E-state index >= 15 is 0 Å². The first kappa shape index (κ1) is 13.6. The highest BCUT2D eigenvalue weighted by Gasteiger charge is 2.16. The summed E-state index contributed by atoms with van der Waals surface area (Å²) in [5.41, 5.74) is 2.84. The molecule has 0 atom stereocenters. The summed E-state index contributed by atoms with van der Waals surface area (Å²) in [6.07, 6.45) is 1.89. The van der Waals surface area contributed by atoms with Crippen LogP contribution in [0.1, 0.15) is 21.9 Å². The molecule has 0 aliphatic rings. The second kappa shape index (κ2) is 5.22. The molecule has 4 nitrogen and oxygen atoms in total. The van der Waals surface area contributed by atoms with Crippen LogP contribution in [0.25, 0.3) is 5.52 Å². The van der Waals surface area contributed by atoms with Gasteiger partial charge in [0.1, 0.15) is 5.82 Å². The molecule has 2 aromatic heterocycles. The van der Waals surface area contributed by atoms with Gasteiger partial charge < -0.3 is 9.72 Å². The standard InChI is InChI=1S/C16H14ClN3O/c1-10-6-7-12(17)9-13(10)19-16(21)15-14-5-3-4-8-20(14)11(2)18-15/h3-9H,1-2H3,(H,19,21). The van der Waals surface area contributed by atoms with Gasteiger partial charge in [-0.2, -0.15) is 0 Å². The van der Waals surface area contributed by atoms with Gasteiger partial charge in [-0.3, -0.25) is 4.79 Å². The maximum absolute atomic E-state index is 12.5. The molecule has 1 N–H and O–H groups in total. The number of nitrogens with zero attached hydrogens (tertiary/aromatic N) is 2. The summed E-state index contributed by atoms with van der Waals surface area (Å²) in [6, 6.07) is 11.1. The molecule has 0 aliphatic heterocycles. The first-order valence-corrected chi connectivity index (χ1v) is 6.95. The molecule has 0 radical (unpaired) electrons. The van der Waals surface area contributed by atoms with Crippen LogP contribution in [0.4, 0.5) is 5.69 Å².